The molecule has 0 aromatic carbocycles. The normalized spacial score (nSPS) is 32.5. The van der Waals surface area contributed by atoms with Crippen molar-refractivity contribution in [2.75, 3.05) is 6.61 Å². The van der Waals surface area contributed by atoms with Gasteiger partial charge in [0.2, 0.25) is 0 Å². The smallest absolute Gasteiger partial charge is 0.148 e. The van der Waals surface area contributed by atoms with E-state index in [9.17, 15) is 5.11 Å². The van der Waals surface area contributed by atoms with E-state index < -0.39 is 0 Å². The van der Waals surface area contributed by atoms with Crippen molar-refractivity contribution in [3.8, 4) is 0 Å². The number of aromatic nitrogens is 4. The Kier molecular flexibility index (Phi) is 4.42. The number of tetrazole rings is 1. The molecule has 3 heterocycles. The Morgan fingerprint density at radius 2 is 2.10 bits per heavy atom. The van der Waals surface area contributed by atoms with Crippen LogP contribution in [-0.4, -0.2) is 44.5 Å². The number of fused-ring (bicyclic) bond motifs is 2. The molecule has 0 spiro atoms. The Morgan fingerprint density at radius 1 is 1.25 bits per heavy atom. The van der Waals surface area contributed by atoms with Gasteiger partial charge in [-0.25, -0.2) is 5.10 Å². The highest BCUT2D eigenvalue weighted by Gasteiger charge is 2.47. The molecule has 20 heavy (non-hydrogen) atoms. The molecule has 1 aromatic rings. The maximum Gasteiger partial charge on any atom is 0.148 e. The predicted molar refractivity (Wildman–Crippen MR) is 72.8 cm³/mol. The molecule has 4 atom stereocenters. The standard InChI is InChI=1S/C14H22N4O2/c19-9-11-10(12-7-8-13(11)20-12)5-3-1-2-4-6-14-15-17-18-16-14/h1,3,10-13,19H,2,4-9H2,(H,15,16,17,18)/b3-1-/t10-,11+,12-,13+/m0/s1. The summed E-state index contributed by atoms with van der Waals surface area (Å²) in [4.78, 5) is 0. The molecule has 0 unspecified atom stereocenters. The first kappa shape index (κ1) is 13.7. The van der Waals surface area contributed by atoms with Crippen molar-refractivity contribution in [3.63, 3.8) is 0 Å². The van der Waals surface area contributed by atoms with Crippen molar-refractivity contribution in [1.29, 1.82) is 0 Å². The Balaban J connectivity index is 1.37. The zero-order chi connectivity index (χ0) is 13.8. The molecule has 0 aliphatic carbocycles. The summed E-state index contributed by atoms with van der Waals surface area (Å²) < 4.78 is 5.90. The van der Waals surface area contributed by atoms with Gasteiger partial charge in [0.25, 0.3) is 0 Å². The summed E-state index contributed by atoms with van der Waals surface area (Å²) >= 11 is 0. The van der Waals surface area contributed by atoms with Gasteiger partial charge in [-0.2, -0.15) is 0 Å². The lowest BCUT2D eigenvalue weighted by atomic mass is 9.78. The number of unbranched alkanes of at least 4 members (excludes halogenated alkanes) is 1. The third-order valence-electron chi connectivity index (χ3n) is 4.55. The van der Waals surface area contributed by atoms with Gasteiger partial charge >= 0.3 is 0 Å². The molecule has 0 radical (unpaired) electrons. The van der Waals surface area contributed by atoms with Crippen LogP contribution in [0, 0.1) is 11.8 Å². The molecule has 0 amide bonds. The van der Waals surface area contributed by atoms with Crippen molar-refractivity contribution in [1.82, 2.24) is 20.6 Å². The van der Waals surface area contributed by atoms with E-state index in [0.717, 1.165) is 44.3 Å². The lowest BCUT2D eigenvalue weighted by Gasteiger charge is -2.25. The number of aryl methyl sites for hydroxylation is 1. The number of aliphatic hydroxyl groups is 1. The minimum Gasteiger partial charge on any atom is -0.396 e. The van der Waals surface area contributed by atoms with Crippen LogP contribution in [0.25, 0.3) is 0 Å². The molecule has 110 valence electrons. The van der Waals surface area contributed by atoms with E-state index in [-0.39, 0.29) is 6.61 Å². The fourth-order valence-electron chi connectivity index (χ4n) is 3.49. The van der Waals surface area contributed by atoms with Gasteiger partial charge in [0.15, 0.2) is 0 Å². The summed E-state index contributed by atoms with van der Waals surface area (Å²) in [5.74, 6) is 1.70. The summed E-state index contributed by atoms with van der Waals surface area (Å²) in [5.41, 5.74) is 0. The Morgan fingerprint density at radius 3 is 2.85 bits per heavy atom. The number of aromatic amines is 1. The van der Waals surface area contributed by atoms with Crippen LogP contribution in [0.2, 0.25) is 0 Å². The third-order valence-corrected chi connectivity index (χ3v) is 4.55. The molecule has 2 fully saturated rings. The van der Waals surface area contributed by atoms with Crippen LogP contribution in [0.15, 0.2) is 12.2 Å². The summed E-state index contributed by atoms with van der Waals surface area (Å²) in [6.07, 6.45) is 11.4. The number of H-pyrrole nitrogens is 1. The molecule has 2 saturated heterocycles. The number of hydrogen-bond acceptors (Lipinski definition) is 5. The number of allylic oxidation sites excluding steroid dienone is 2. The minimum absolute atomic E-state index is 0.262. The molecule has 0 saturated carbocycles. The van der Waals surface area contributed by atoms with Crippen molar-refractivity contribution < 1.29 is 9.84 Å². The Hall–Kier alpha value is -1.27. The number of ether oxygens (including phenoxy) is 1. The molecule has 1 aromatic heterocycles. The third kappa shape index (κ3) is 2.91. The van der Waals surface area contributed by atoms with E-state index in [1.54, 1.807) is 0 Å². The van der Waals surface area contributed by atoms with Crippen LogP contribution in [0.4, 0.5) is 0 Å². The largest absolute Gasteiger partial charge is 0.396 e. The Bertz CT molecular complexity index is 434. The number of rotatable bonds is 7. The first-order valence-corrected chi connectivity index (χ1v) is 7.52. The summed E-state index contributed by atoms with van der Waals surface area (Å²) in [7, 11) is 0. The number of nitrogens with one attached hydrogen (secondary N) is 1. The van der Waals surface area contributed by atoms with Gasteiger partial charge in [-0.1, -0.05) is 12.2 Å². The van der Waals surface area contributed by atoms with Crippen molar-refractivity contribution in [2.45, 2.75) is 50.7 Å². The summed E-state index contributed by atoms with van der Waals surface area (Å²) in [6.45, 7) is 0.262. The molecule has 2 aliphatic heterocycles. The molecule has 2 aliphatic rings. The van der Waals surface area contributed by atoms with Gasteiger partial charge in [0.05, 0.1) is 12.2 Å². The van der Waals surface area contributed by atoms with Crippen LogP contribution in [0.1, 0.15) is 37.9 Å². The van der Waals surface area contributed by atoms with Crippen LogP contribution in [-0.2, 0) is 11.2 Å². The molecule has 6 heteroatoms. The molecule has 2 bridgehead atoms. The van der Waals surface area contributed by atoms with E-state index in [1.807, 2.05) is 0 Å². The maximum atomic E-state index is 9.48. The number of aliphatic hydroxyl groups excluding tert-OH is 1. The van der Waals surface area contributed by atoms with E-state index in [2.05, 4.69) is 32.8 Å². The Labute approximate surface area is 118 Å². The van der Waals surface area contributed by atoms with Gasteiger partial charge < -0.3 is 9.84 Å². The SMILES string of the molecule is OC[C@@H]1[C@H](C/C=C\CCCc2nnn[nH]2)[C@@H]2CC[C@H]1O2. The molecule has 6 nitrogen and oxygen atoms in total. The fourth-order valence-corrected chi connectivity index (χ4v) is 3.49. The predicted octanol–water partition coefficient (Wildman–Crippen LogP) is 1.25. The van der Waals surface area contributed by atoms with Crippen LogP contribution in [0.5, 0.6) is 0 Å². The highest BCUT2D eigenvalue weighted by molar-refractivity contribution is 4.99. The average Bonchev–Trinajstić information content (AvgIpc) is 3.18. The summed E-state index contributed by atoms with van der Waals surface area (Å²) in [6, 6.07) is 0. The van der Waals surface area contributed by atoms with E-state index >= 15 is 0 Å². The second-order valence-corrected chi connectivity index (χ2v) is 5.75. The van der Waals surface area contributed by atoms with Crippen molar-refractivity contribution in [2.24, 2.45) is 11.8 Å². The quantitative estimate of drug-likeness (QED) is 0.579. The average molecular weight is 278 g/mol. The lowest BCUT2D eigenvalue weighted by Crippen LogP contribution is -2.29. The number of hydrogen-bond donors (Lipinski definition) is 2. The topological polar surface area (TPSA) is 83.9 Å². The van der Waals surface area contributed by atoms with Crippen molar-refractivity contribution >= 4 is 0 Å². The van der Waals surface area contributed by atoms with Crippen LogP contribution < -0.4 is 0 Å². The summed E-state index contributed by atoms with van der Waals surface area (Å²) in [5, 5.41) is 23.2. The molecule has 3 rings (SSSR count). The number of nitrogens with zero attached hydrogens (tertiary/aromatic N) is 3. The fraction of sp³-hybridized carbons (Fsp3) is 0.786. The van der Waals surface area contributed by atoms with E-state index in [1.165, 1.54) is 0 Å². The van der Waals surface area contributed by atoms with Crippen LogP contribution in [0.3, 0.4) is 0 Å². The zero-order valence-corrected chi connectivity index (χ0v) is 11.6. The first-order chi connectivity index (χ1) is 9.88. The zero-order valence-electron chi connectivity index (χ0n) is 11.6. The van der Waals surface area contributed by atoms with Gasteiger partial charge in [-0.3, -0.25) is 0 Å². The molecular formula is C14H22N4O2. The van der Waals surface area contributed by atoms with Gasteiger partial charge in [0.1, 0.15) is 5.82 Å². The van der Waals surface area contributed by atoms with Gasteiger partial charge in [-0.15, -0.1) is 5.10 Å². The lowest BCUT2D eigenvalue weighted by molar-refractivity contribution is 0.0787. The molecule has 2 N–H and O–H groups in total. The minimum atomic E-state index is 0.262. The second-order valence-electron chi connectivity index (χ2n) is 5.75. The highest BCUT2D eigenvalue weighted by atomic mass is 16.5. The molecular weight excluding hydrogens is 256 g/mol. The van der Waals surface area contributed by atoms with Gasteiger partial charge in [-0.05, 0) is 48.4 Å². The van der Waals surface area contributed by atoms with Gasteiger partial charge in [0, 0.05) is 18.9 Å². The van der Waals surface area contributed by atoms with Crippen molar-refractivity contribution in [3.05, 3.63) is 18.0 Å². The monoisotopic (exact) mass is 278 g/mol. The van der Waals surface area contributed by atoms with E-state index in [0.29, 0.717) is 24.0 Å². The van der Waals surface area contributed by atoms with E-state index in [4.69, 9.17) is 4.74 Å². The van der Waals surface area contributed by atoms with Crippen LogP contribution >= 0.6 is 0 Å². The first-order valence-electron chi connectivity index (χ1n) is 7.52. The highest BCUT2D eigenvalue weighted by Crippen LogP contribution is 2.44. The maximum absolute atomic E-state index is 9.48. The second kappa shape index (κ2) is 6.45.